The molecule has 0 bridgehead atoms. The molecule has 1 aromatic heterocycles. The Hall–Kier alpha value is -2.30. The number of carboxylic acid groups (broad SMARTS) is 1. The van der Waals surface area contributed by atoms with E-state index in [0.29, 0.717) is 13.2 Å². The molecule has 0 spiro atoms. The molecule has 100 valence electrons. The Balaban J connectivity index is 1.92. The van der Waals surface area contributed by atoms with Crippen molar-refractivity contribution in [3.8, 4) is 5.75 Å². The lowest BCUT2D eigenvalue weighted by molar-refractivity contribution is 0.0689. The van der Waals surface area contributed by atoms with E-state index in [0.717, 1.165) is 11.4 Å². The summed E-state index contributed by atoms with van der Waals surface area (Å²) in [5.74, 6) is -0.213. The molecule has 2 aromatic rings. The number of carboxylic acids is 1. The maximum atomic E-state index is 10.8. The lowest BCUT2D eigenvalue weighted by Gasteiger charge is -2.07. The van der Waals surface area contributed by atoms with Gasteiger partial charge in [0.2, 0.25) is 0 Å². The summed E-state index contributed by atoms with van der Waals surface area (Å²) in [5, 5.41) is 12.8. The molecule has 0 saturated carbocycles. The normalized spacial score (nSPS) is 10.4. The van der Waals surface area contributed by atoms with Crippen LogP contribution in [-0.4, -0.2) is 27.5 Å². The minimum atomic E-state index is -1.01. The van der Waals surface area contributed by atoms with Crippen LogP contribution in [-0.2, 0) is 6.54 Å². The predicted octanol–water partition coefficient (Wildman–Crippen LogP) is 2.28. The molecule has 0 unspecified atom stereocenters. The van der Waals surface area contributed by atoms with Crippen LogP contribution < -0.4 is 4.74 Å². The summed E-state index contributed by atoms with van der Waals surface area (Å²) in [4.78, 5) is 10.8. The van der Waals surface area contributed by atoms with Gasteiger partial charge in [0.25, 0.3) is 0 Å². The molecule has 0 aliphatic heterocycles. The first-order valence-electron chi connectivity index (χ1n) is 6.03. The van der Waals surface area contributed by atoms with E-state index >= 15 is 0 Å². The average molecular weight is 260 g/mol. The molecule has 0 aliphatic carbocycles. The zero-order chi connectivity index (χ0) is 13.8. The number of carbonyl (C=O) groups is 1. The van der Waals surface area contributed by atoms with Gasteiger partial charge in [0, 0.05) is 5.69 Å². The Morgan fingerprint density at radius 3 is 2.58 bits per heavy atom. The third-order valence-electron chi connectivity index (χ3n) is 2.79. The summed E-state index contributed by atoms with van der Waals surface area (Å²) < 4.78 is 7.22. The van der Waals surface area contributed by atoms with Crippen molar-refractivity contribution in [2.24, 2.45) is 0 Å². The van der Waals surface area contributed by atoms with Crippen molar-refractivity contribution < 1.29 is 14.6 Å². The van der Waals surface area contributed by atoms with Gasteiger partial charge in [-0.1, -0.05) is 17.7 Å². The first-order chi connectivity index (χ1) is 9.06. The Bertz CT molecular complexity index is 573. The molecule has 0 aliphatic rings. The number of nitrogens with zero attached hydrogens (tertiary/aromatic N) is 2. The predicted molar refractivity (Wildman–Crippen MR) is 70.6 cm³/mol. The largest absolute Gasteiger partial charge is 0.492 e. The molecular weight excluding hydrogens is 244 g/mol. The third-order valence-corrected chi connectivity index (χ3v) is 2.79. The zero-order valence-electron chi connectivity index (χ0n) is 11.0. The quantitative estimate of drug-likeness (QED) is 0.895. The van der Waals surface area contributed by atoms with Crippen LogP contribution in [0.1, 0.15) is 21.7 Å². The van der Waals surface area contributed by atoms with E-state index in [1.165, 1.54) is 5.56 Å². The molecule has 0 fully saturated rings. The lowest BCUT2D eigenvalue weighted by atomic mass is 10.2. The van der Waals surface area contributed by atoms with Gasteiger partial charge in [-0.05, 0) is 32.0 Å². The molecular formula is C14H16N2O3. The summed E-state index contributed by atoms with van der Waals surface area (Å²) in [6.45, 7) is 4.81. The Morgan fingerprint density at radius 1 is 1.32 bits per heavy atom. The van der Waals surface area contributed by atoms with Gasteiger partial charge in [0.15, 0.2) is 5.69 Å². The first-order valence-corrected chi connectivity index (χ1v) is 6.03. The van der Waals surface area contributed by atoms with Crippen LogP contribution in [0.3, 0.4) is 0 Å². The highest BCUT2D eigenvalue weighted by Crippen LogP contribution is 2.11. The first kappa shape index (κ1) is 13.1. The Labute approximate surface area is 111 Å². The number of hydrogen-bond acceptors (Lipinski definition) is 3. The second-order valence-electron chi connectivity index (χ2n) is 4.36. The number of aromatic nitrogens is 2. The second kappa shape index (κ2) is 5.56. The topological polar surface area (TPSA) is 64.4 Å². The van der Waals surface area contributed by atoms with Gasteiger partial charge < -0.3 is 9.84 Å². The summed E-state index contributed by atoms with van der Waals surface area (Å²) in [5.41, 5.74) is 2.05. The van der Waals surface area contributed by atoms with Gasteiger partial charge in [0.1, 0.15) is 12.4 Å². The molecule has 19 heavy (non-hydrogen) atoms. The second-order valence-corrected chi connectivity index (χ2v) is 4.36. The molecule has 1 heterocycles. The number of aryl methyl sites for hydroxylation is 2. The summed E-state index contributed by atoms with van der Waals surface area (Å²) in [7, 11) is 0. The fourth-order valence-corrected chi connectivity index (χ4v) is 1.73. The molecule has 5 heteroatoms. The minimum absolute atomic E-state index is 0.0628. The van der Waals surface area contributed by atoms with E-state index in [-0.39, 0.29) is 5.69 Å². The van der Waals surface area contributed by atoms with E-state index in [2.05, 4.69) is 5.10 Å². The monoisotopic (exact) mass is 260 g/mol. The fraction of sp³-hybridized carbons (Fsp3) is 0.286. The highest BCUT2D eigenvalue weighted by atomic mass is 16.5. The number of ether oxygens (including phenoxy) is 1. The molecule has 2 rings (SSSR count). The molecule has 5 nitrogen and oxygen atoms in total. The van der Waals surface area contributed by atoms with Crippen LogP contribution in [0, 0.1) is 13.8 Å². The third kappa shape index (κ3) is 3.34. The maximum Gasteiger partial charge on any atom is 0.356 e. The van der Waals surface area contributed by atoms with E-state index in [1.807, 2.05) is 38.1 Å². The van der Waals surface area contributed by atoms with Crippen LogP contribution in [0.2, 0.25) is 0 Å². The number of rotatable bonds is 5. The molecule has 0 amide bonds. The van der Waals surface area contributed by atoms with Crippen LogP contribution in [0.25, 0.3) is 0 Å². The van der Waals surface area contributed by atoms with Gasteiger partial charge in [-0.15, -0.1) is 0 Å². The van der Waals surface area contributed by atoms with E-state index < -0.39 is 5.97 Å². The van der Waals surface area contributed by atoms with Crippen molar-refractivity contribution in [3.63, 3.8) is 0 Å². The van der Waals surface area contributed by atoms with Crippen LogP contribution in [0.4, 0.5) is 0 Å². The van der Waals surface area contributed by atoms with Crippen molar-refractivity contribution in [2.75, 3.05) is 6.61 Å². The number of aromatic carboxylic acids is 1. The Kier molecular flexibility index (Phi) is 3.85. The smallest absolute Gasteiger partial charge is 0.356 e. The van der Waals surface area contributed by atoms with Gasteiger partial charge in [-0.3, -0.25) is 4.68 Å². The van der Waals surface area contributed by atoms with Crippen molar-refractivity contribution >= 4 is 5.97 Å². The SMILES string of the molecule is Cc1ccc(OCCn2nc(C(=O)O)cc2C)cc1. The van der Waals surface area contributed by atoms with Gasteiger partial charge in [0.05, 0.1) is 6.54 Å². The number of hydrogen-bond donors (Lipinski definition) is 1. The highest BCUT2D eigenvalue weighted by Gasteiger charge is 2.10. The van der Waals surface area contributed by atoms with Crippen molar-refractivity contribution in [2.45, 2.75) is 20.4 Å². The van der Waals surface area contributed by atoms with Crippen LogP contribution in [0.15, 0.2) is 30.3 Å². The molecule has 0 radical (unpaired) electrons. The molecule has 0 saturated heterocycles. The molecule has 1 aromatic carbocycles. The zero-order valence-corrected chi connectivity index (χ0v) is 11.0. The van der Waals surface area contributed by atoms with Crippen molar-refractivity contribution in [1.29, 1.82) is 0 Å². The summed E-state index contributed by atoms with van der Waals surface area (Å²) in [6, 6.07) is 9.34. The van der Waals surface area contributed by atoms with Gasteiger partial charge in [-0.25, -0.2) is 4.79 Å². The molecule has 1 N–H and O–H groups in total. The van der Waals surface area contributed by atoms with Crippen LogP contribution >= 0.6 is 0 Å². The van der Waals surface area contributed by atoms with E-state index in [1.54, 1.807) is 10.7 Å². The average Bonchev–Trinajstić information content (AvgIpc) is 2.74. The van der Waals surface area contributed by atoms with E-state index in [9.17, 15) is 4.79 Å². The standard InChI is InChI=1S/C14H16N2O3/c1-10-3-5-12(6-4-10)19-8-7-16-11(2)9-13(15-16)14(17)18/h3-6,9H,7-8H2,1-2H3,(H,17,18). The summed E-state index contributed by atoms with van der Waals surface area (Å²) in [6.07, 6.45) is 0. The van der Waals surface area contributed by atoms with Gasteiger partial charge >= 0.3 is 5.97 Å². The maximum absolute atomic E-state index is 10.8. The number of benzene rings is 1. The minimum Gasteiger partial charge on any atom is -0.492 e. The Morgan fingerprint density at radius 2 is 2.00 bits per heavy atom. The fourth-order valence-electron chi connectivity index (χ4n) is 1.73. The molecule has 0 atom stereocenters. The lowest BCUT2D eigenvalue weighted by Crippen LogP contribution is -2.11. The highest BCUT2D eigenvalue weighted by molar-refractivity contribution is 5.85. The van der Waals surface area contributed by atoms with Gasteiger partial charge in [-0.2, -0.15) is 5.10 Å². The van der Waals surface area contributed by atoms with Crippen molar-refractivity contribution in [1.82, 2.24) is 9.78 Å². The summed E-state index contributed by atoms with van der Waals surface area (Å²) >= 11 is 0. The van der Waals surface area contributed by atoms with Crippen LogP contribution in [0.5, 0.6) is 5.75 Å². The van der Waals surface area contributed by atoms with Crippen molar-refractivity contribution in [3.05, 3.63) is 47.3 Å². The van der Waals surface area contributed by atoms with E-state index in [4.69, 9.17) is 9.84 Å².